The lowest BCUT2D eigenvalue weighted by Crippen LogP contribution is -2.20. The van der Waals surface area contributed by atoms with E-state index in [0.29, 0.717) is 5.69 Å². The quantitative estimate of drug-likeness (QED) is 0.562. The molecular weight excluding hydrogens is 383 g/mol. The maximum Gasteiger partial charge on any atom is 0.416 e. The molecule has 1 N–H and O–H groups in total. The Balaban J connectivity index is 1.50. The van der Waals surface area contributed by atoms with Crippen LogP contribution in [0.1, 0.15) is 5.56 Å². The molecule has 0 radical (unpaired) electrons. The van der Waals surface area contributed by atoms with Gasteiger partial charge in [-0.3, -0.25) is 4.79 Å². The maximum atomic E-state index is 12.9. The number of carbonyl (C=O) groups is 1. The van der Waals surface area contributed by atoms with Gasteiger partial charge >= 0.3 is 6.18 Å². The molecule has 0 spiro atoms. The fraction of sp³-hybridized carbons (Fsp3) is 0.100. The van der Waals surface area contributed by atoms with Crippen molar-refractivity contribution in [1.29, 1.82) is 0 Å². The van der Waals surface area contributed by atoms with Crippen molar-refractivity contribution in [3.05, 3.63) is 72.3 Å². The molecule has 0 saturated carbocycles. The van der Waals surface area contributed by atoms with Crippen LogP contribution in [0.25, 0.3) is 22.2 Å². The Morgan fingerprint density at radius 3 is 2.59 bits per heavy atom. The smallest absolute Gasteiger partial charge is 0.324 e. The summed E-state index contributed by atoms with van der Waals surface area (Å²) >= 11 is 0. The lowest BCUT2D eigenvalue weighted by Gasteiger charge is -2.08. The Morgan fingerprint density at radius 1 is 1.00 bits per heavy atom. The summed E-state index contributed by atoms with van der Waals surface area (Å²) in [5, 5.41) is 16.2. The van der Waals surface area contributed by atoms with Gasteiger partial charge in [-0.25, -0.2) is 0 Å². The number of aromatic nitrogens is 4. The molecule has 0 aliphatic heterocycles. The summed E-state index contributed by atoms with van der Waals surface area (Å²) in [5.74, 6) is -0.372. The first-order valence-corrected chi connectivity index (χ1v) is 8.63. The van der Waals surface area contributed by atoms with Crippen LogP contribution in [0.5, 0.6) is 0 Å². The summed E-state index contributed by atoms with van der Waals surface area (Å²) < 4.78 is 38.6. The Kier molecular flexibility index (Phi) is 4.71. The summed E-state index contributed by atoms with van der Waals surface area (Å²) in [6, 6.07) is 17.8. The topological polar surface area (TPSA) is 72.7 Å². The van der Waals surface area contributed by atoms with Crippen LogP contribution in [0.2, 0.25) is 0 Å². The van der Waals surface area contributed by atoms with Crippen LogP contribution in [0.3, 0.4) is 0 Å². The van der Waals surface area contributed by atoms with Crippen molar-refractivity contribution >= 4 is 22.4 Å². The molecule has 0 fully saturated rings. The van der Waals surface area contributed by atoms with Gasteiger partial charge in [-0.05, 0) is 28.8 Å². The summed E-state index contributed by atoms with van der Waals surface area (Å²) in [6.07, 6.45) is -4.47. The van der Waals surface area contributed by atoms with Gasteiger partial charge in [0.1, 0.15) is 6.54 Å². The summed E-state index contributed by atoms with van der Waals surface area (Å²) in [7, 11) is 0. The van der Waals surface area contributed by atoms with Gasteiger partial charge < -0.3 is 5.32 Å². The number of amides is 1. The Morgan fingerprint density at radius 2 is 1.76 bits per heavy atom. The normalized spacial score (nSPS) is 11.6. The standard InChI is InChI=1S/C20H14F3N5O/c21-20(22,23)15-8-3-7-14(11-15)19-25-27-28(26-19)12-18(29)24-17-10-4-6-13-5-1-2-9-16(13)17/h1-11H,12H2,(H,24,29). The molecule has 0 bridgehead atoms. The molecule has 0 aliphatic carbocycles. The minimum atomic E-state index is -4.47. The van der Waals surface area contributed by atoms with Gasteiger partial charge in [0, 0.05) is 16.6 Å². The summed E-state index contributed by atoms with van der Waals surface area (Å²) in [5.41, 5.74) is 0.00639. The van der Waals surface area contributed by atoms with Crippen LogP contribution in [-0.2, 0) is 17.5 Å². The maximum absolute atomic E-state index is 12.9. The molecule has 0 aliphatic rings. The first-order chi connectivity index (χ1) is 13.9. The van der Waals surface area contributed by atoms with Crippen LogP contribution >= 0.6 is 0 Å². The zero-order valence-corrected chi connectivity index (χ0v) is 14.9. The average Bonchev–Trinajstić information content (AvgIpc) is 3.16. The number of benzene rings is 3. The molecule has 0 saturated heterocycles. The van der Waals surface area contributed by atoms with Gasteiger partial charge in [0.15, 0.2) is 0 Å². The first-order valence-electron chi connectivity index (χ1n) is 8.63. The SMILES string of the molecule is O=C(Cn1nnc(-c2cccc(C(F)(F)F)c2)n1)Nc1cccc2ccccc12. The highest BCUT2D eigenvalue weighted by molar-refractivity contribution is 6.01. The van der Waals surface area contributed by atoms with Crippen molar-refractivity contribution in [2.45, 2.75) is 12.7 Å². The van der Waals surface area contributed by atoms with E-state index in [-0.39, 0.29) is 23.8 Å². The first kappa shape index (κ1) is 18.6. The van der Waals surface area contributed by atoms with Gasteiger partial charge in [0.2, 0.25) is 11.7 Å². The van der Waals surface area contributed by atoms with E-state index in [0.717, 1.165) is 27.7 Å². The number of nitrogens with zero attached hydrogens (tertiary/aromatic N) is 4. The van der Waals surface area contributed by atoms with E-state index in [4.69, 9.17) is 0 Å². The Bertz CT molecular complexity index is 1180. The lowest BCUT2D eigenvalue weighted by atomic mass is 10.1. The molecule has 1 heterocycles. The molecule has 3 aromatic carbocycles. The van der Waals surface area contributed by atoms with Crippen molar-refractivity contribution in [2.75, 3.05) is 5.32 Å². The Labute approximate surface area is 163 Å². The molecule has 4 rings (SSSR count). The third-order valence-corrected chi connectivity index (χ3v) is 4.25. The van der Waals surface area contributed by atoms with Crippen LogP contribution in [0.4, 0.5) is 18.9 Å². The number of hydrogen-bond donors (Lipinski definition) is 1. The van der Waals surface area contributed by atoms with Crippen molar-refractivity contribution < 1.29 is 18.0 Å². The van der Waals surface area contributed by atoms with Gasteiger partial charge in [-0.1, -0.05) is 48.5 Å². The van der Waals surface area contributed by atoms with E-state index >= 15 is 0 Å². The minimum absolute atomic E-state index is 0.00839. The predicted octanol–water partition coefficient (Wildman–Crippen LogP) is 4.15. The van der Waals surface area contributed by atoms with E-state index in [1.54, 1.807) is 6.07 Å². The molecule has 0 unspecified atom stereocenters. The molecule has 1 amide bonds. The number of fused-ring (bicyclic) bond motifs is 1. The molecular formula is C20H14F3N5O. The van der Waals surface area contributed by atoms with Crippen molar-refractivity contribution in [1.82, 2.24) is 20.2 Å². The predicted molar refractivity (Wildman–Crippen MR) is 101 cm³/mol. The number of hydrogen-bond acceptors (Lipinski definition) is 4. The molecule has 1 aromatic heterocycles. The zero-order valence-electron chi connectivity index (χ0n) is 14.9. The van der Waals surface area contributed by atoms with E-state index in [2.05, 4.69) is 20.7 Å². The number of rotatable bonds is 4. The van der Waals surface area contributed by atoms with Gasteiger partial charge in [0.25, 0.3) is 0 Å². The van der Waals surface area contributed by atoms with Gasteiger partial charge in [-0.2, -0.15) is 18.0 Å². The molecule has 146 valence electrons. The second-order valence-corrected chi connectivity index (χ2v) is 6.30. The Hall–Kier alpha value is -3.75. The second-order valence-electron chi connectivity index (χ2n) is 6.30. The number of tetrazole rings is 1. The van der Waals surface area contributed by atoms with Crippen LogP contribution < -0.4 is 5.32 Å². The van der Waals surface area contributed by atoms with E-state index in [1.807, 2.05) is 36.4 Å². The van der Waals surface area contributed by atoms with Crippen LogP contribution in [-0.4, -0.2) is 26.1 Å². The van der Waals surface area contributed by atoms with Crippen LogP contribution in [0, 0.1) is 0 Å². The number of nitrogens with one attached hydrogen (secondary N) is 1. The third-order valence-electron chi connectivity index (χ3n) is 4.25. The highest BCUT2D eigenvalue weighted by Gasteiger charge is 2.30. The lowest BCUT2D eigenvalue weighted by molar-refractivity contribution is -0.137. The van der Waals surface area contributed by atoms with Crippen molar-refractivity contribution in [3.8, 4) is 11.4 Å². The van der Waals surface area contributed by atoms with Crippen molar-refractivity contribution in [3.63, 3.8) is 0 Å². The minimum Gasteiger partial charge on any atom is -0.324 e. The largest absolute Gasteiger partial charge is 0.416 e. The molecule has 0 atom stereocenters. The zero-order chi connectivity index (χ0) is 20.4. The van der Waals surface area contributed by atoms with Gasteiger partial charge in [0.05, 0.1) is 5.56 Å². The third kappa shape index (κ3) is 4.08. The van der Waals surface area contributed by atoms with Crippen LogP contribution in [0.15, 0.2) is 66.7 Å². The fourth-order valence-electron chi connectivity index (χ4n) is 2.91. The number of carbonyl (C=O) groups excluding carboxylic acids is 1. The number of anilines is 1. The molecule has 6 nitrogen and oxygen atoms in total. The summed E-state index contributed by atoms with van der Waals surface area (Å²) in [6.45, 7) is -0.227. The van der Waals surface area contributed by atoms with Crippen molar-refractivity contribution in [2.24, 2.45) is 0 Å². The van der Waals surface area contributed by atoms with E-state index < -0.39 is 11.7 Å². The second kappa shape index (κ2) is 7.34. The molecule has 29 heavy (non-hydrogen) atoms. The molecule has 9 heteroatoms. The van der Waals surface area contributed by atoms with Gasteiger partial charge in [-0.15, -0.1) is 10.2 Å². The highest BCUT2D eigenvalue weighted by atomic mass is 19.4. The van der Waals surface area contributed by atoms with E-state index in [1.165, 1.54) is 12.1 Å². The summed E-state index contributed by atoms with van der Waals surface area (Å²) in [4.78, 5) is 13.4. The monoisotopic (exact) mass is 397 g/mol. The number of alkyl halides is 3. The fourth-order valence-corrected chi connectivity index (χ4v) is 2.91. The molecule has 4 aromatic rings. The highest BCUT2D eigenvalue weighted by Crippen LogP contribution is 2.31. The number of halogens is 3. The average molecular weight is 397 g/mol. The van der Waals surface area contributed by atoms with E-state index in [9.17, 15) is 18.0 Å².